The van der Waals surface area contributed by atoms with Gasteiger partial charge in [-0.2, -0.15) is 16.3 Å². The van der Waals surface area contributed by atoms with Crippen LogP contribution in [0.2, 0.25) is 0 Å². The van der Waals surface area contributed by atoms with Crippen LogP contribution in [0.1, 0.15) is 5.56 Å². The van der Waals surface area contributed by atoms with Crippen LogP contribution in [0.3, 0.4) is 0 Å². The van der Waals surface area contributed by atoms with E-state index in [1.165, 1.54) is 16.2 Å². The monoisotopic (exact) mass is 432 g/mol. The molecule has 0 aliphatic carbocycles. The molecule has 1 aromatic carbocycles. The Hall–Kier alpha value is -3.11. The molecule has 0 saturated carbocycles. The van der Waals surface area contributed by atoms with E-state index in [0.29, 0.717) is 22.2 Å². The Morgan fingerprint density at radius 2 is 1.97 bits per heavy atom. The molecule has 0 saturated heterocycles. The minimum Gasteiger partial charge on any atom is -0.496 e. The van der Waals surface area contributed by atoms with Crippen LogP contribution < -0.4 is 15.2 Å². The number of ether oxygens (including phenoxy) is 2. The molecule has 8 nitrogen and oxygen atoms in total. The lowest BCUT2D eigenvalue weighted by Crippen LogP contribution is -2.40. The Balaban J connectivity index is 1.89. The zero-order valence-corrected chi connectivity index (χ0v) is 17.5. The molecule has 0 radical (unpaired) electrons. The lowest BCUT2D eigenvalue weighted by molar-refractivity contribution is -0.137. The molecule has 10 heteroatoms. The van der Waals surface area contributed by atoms with Gasteiger partial charge in [-0.1, -0.05) is 6.07 Å². The topological polar surface area (TPSA) is 110 Å². The molecule has 0 spiro atoms. The number of carboxylic acid groups (broad SMARTS) is 1. The van der Waals surface area contributed by atoms with Crippen molar-refractivity contribution in [3.05, 3.63) is 46.0 Å². The quantitative estimate of drug-likeness (QED) is 0.414. The first-order valence-electron chi connectivity index (χ1n) is 8.50. The molecule has 0 bridgehead atoms. The minimum absolute atomic E-state index is 0.0478. The molecular weight excluding hydrogens is 412 g/mol. The van der Waals surface area contributed by atoms with Gasteiger partial charge in [0.1, 0.15) is 18.0 Å². The maximum atomic E-state index is 11.4. The fraction of sp³-hybridized carbons (Fsp3) is 0.211. The lowest BCUT2D eigenvalue weighted by Gasteiger charge is -2.23. The molecule has 0 unspecified atom stereocenters. The molecule has 2 aromatic heterocycles. The predicted molar refractivity (Wildman–Crippen MR) is 114 cm³/mol. The zero-order valence-electron chi connectivity index (χ0n) is 15.9. The van der Waals surface area contributed by atoms with Crippen LogP contribution in [0.25, 0.3) is 11.3 Å². The number of guanidine groups is 1. The second-order valence-corrected chi connectivity index (χ2v) is 7.50. The molecule has 0 aliphatic heterocycles. The fourth-order valence-corrected chi connectivity index (χ4v) is 4.04. The molecule has 29 heavy (non-hydrogen) atoms. The summed E-state index contributed by atoms with van der Waals surface area (Å²) in [5.74, 6) is 0.157. The normalized spacial score (nSPS) is 11.3. The molecule has 2 heterocycles. The van der Waals surface area contributed by atoms with Crippen LogP contribution in [-0.4, -0.2) is 47.7 Å². The van der Waals surface area contributed by atoms with Crippen molar-refractivity contribution in [1.29, 1.82) is 0 Å². The van der Waals surface area contributed by atoms with Crippen LogP contribution in [0.15, 0.2) is 45.4 Å². The van der Waals surface area contributed by atoms with E-state index < -0.39 is 5.97 Å². The molecule has 3 aromatic rings. The van der Waals surface area contributed by atoms with Gasteiger partial charge in [-0.3, -0.25) is 4.79 Å². The Bertz CT molecular complexity index is 979. The van der Waals surface area contributed by atoms with Crippen molar-refractivity contribution in [3.8, 4) is 22.8 Å². The molecule has 3 rings (SSSR count). The highest BCUT2D eigenvalue weighted by Gasteiger charge is 2.19. The van der Waals surface area contributed by atoms with Gasteiger partial charge >= 0.3 is 5.97 Å². The number of benzene rings is 1. The summed E-state index contributed by atoms with van der Waals surface area (Å²) in [4.78, 5) is 21.6. The third kappa shape index (κ3) is 5.04. The minimum atomic E-state index is -1.03. The van der Waals surface area contributed by atoms with Gasteiger partial charge in [0.2, 0.25) is 5.13 Å². The highest BCUT2D eigenvalue weighted by atomic mass is 32.1. The van der Waals surface area contributed by atoms with E-state index in [2.05, 4.69) is 9.98 Å². The van der Waals surface area contributed by atoms with Crippen LogP contribution in [-0.2, 0) is 11.3 Å². The zero-order chi connectivity index (χ0) is 20.8. The number of thiophene rings is 1. The SMILES string of the molecule is COc1cccc(OC)c1CN(CC(=O)O)C(N)=Nc1nc(-c2ccsc2)cs1. The number of nitrogens with zero attached hydrogens (tertiary/aromatic N) is 3. The van der Waals surface area contributed by atoms with Crippen molar-refractivity contribution in [1.82, 2.24) is 9.88 Å². The van der Waals surface area contributed by atoms with E-state index in [9.17, 15) is 9.90 Å². The van der Waals surface area contributed by atoms with Gasteiger partial charge in [0.15, 0.2) is 5.96 Å². The molecule has 3 N–H and O–H groups in total. The third-order valence-electron chi connectivity index (χ3n) is 4.05. The number of carboxylic acids is 1. The van der Waals surface area contributed by atoms with E-state index in [0.717, 1.165) is 11.3 Å². The van der Waals surface area contributed by atoms with E-state index in [-0.39, 0.29) is 19.0 Å². The molecule has 152 valence electrons. The standard InChI is InChI=1S/C19H20N4O4S2/c1-26-15-4-3-5-16(27-2)13(15)8-23(9-17(24)25)18(20)22-19-21-14(11-29-19)12-6-7-28-10-12/h3-7,10-11H,8-9H2,1-2H3,(H,24,25)(H2,20,21,22). The lowest BCUT2D eigenvalue weighted by atomic mass is 10.1. The van der Waals surface area contributed by atoms with Crippen molar-refractivity contribution in [3.63, 3.8) is 0 Å². The second kappa shape index (κ2) is 9.39. The molecule has 0 aliphatic rings. The van der Waals surface area contributed by atoms with Gasteiger partial charge in [0.25, 0.3) is 0 Å². The first kappa shape index (κ1) is 20.6. The summed E-state index contributed by atoms with van der Waals surface area (Å²) < 4.78 is 10.8. The van der Waals surface area contributed by atoms with Crippen LogP contribution in [0.5, 0.6) is 11.5 Å². The van der Waals surface area contributed by atoms with Crippen molar-refractivity contribution >= 4 is 39.7 Å². The number of carbonyl (C=O) groups is 1. The highest BCUT2D eigenvalue weighted by Crippen LogP contribution is 2.31. The predicted octanol–water partition coefficient (Wildman–Crippen LogP) is 3.42. The van der Waals surface area contributed by atoms with Gasteiger partial charge in [-0.05, 0) is 23.6 Å². The number of nitrogens with two attached hydrogens (primary N) is 1. The van der Waals surface area contributed by atoms with Gasteiger partial charge in [0.05, 0.1) is 32.0 Å². The summed E-state index contributed by atoms with van der Waals surface area (Å²) >= 11 is 2.92. The van der Waals surface area contributed by atoms with E-state index in [4.69, 9.17) is 15.2 Å². The summed E-state index contributed by atoms with van der Waals surface area (Å²) in [6.45, 7) is -0.184. The van der Waals surface area contributed by atoms with Gasteiger partial charge in [-0.25, -0.2) is 4.98 Å². The summed E-state index contributed by atoms with van der Waals surface area (Å²) in [5, 5.41) is 15.6. The summed E-state index contributed by atoms with van der Waals surface area (Å²) in [5.41, 5.74) is 8.64. The second-order valence-electron chi connectivity index (χ2n) is 5.89. The smallest absolute Gasteiger partial charge is 0.323 e. The number of aliphatic imine (C=N–C) groups is 1. The molecular formula is C19H20N4O4S2. The number of aliphatic carboxylic acids is 1. The van der Waals surface area contributed by atoms with Gasteiger partial charge in [0, 0.05) is 16.3 Å². The third-order valence-corrected chi connectivity index (χ3v) is 5.47. The fourth-order valence-electron chi connectivity index (χ4n) is 2.68. The van der Waals surface area contributed by atoms with Crippen LogP contribution >= 0.6 is 22.7 Å². The molecule has 0 fully saturated rings. The van der Waals surface area contributed by atoms with Crippen molar-refractivity contribution < 1.29 is 19.4 Å². The van der Waals surface area contributed by atoms with E-state index in [1.807, 2.05) is 22.2 Å². The Kier molecular flexibility index (Phi) is 6.68. The number of rotatable bonds is 8. The van der Waals surface area contributed by atoms with Crippen LogP contribution in [0.4, 0.5) is 5.13 Å². The number of methoxy groups -OCH3 is 2. The maximum absolute atomic E-state index is 11.4. The maximum Gasteiger partial charge on any atom is 0.323 e. The van der Waals surface area contributed by atoms with Crippen molar-refractivity contribution in [2.75, 3.05) is 20.8 Å². The van der Waals surface area contributed by atoms with E-state index >= 15 is 0 Å². The van der Waals surface area contributed by atoms with Crippen LogP contribution in [0, 0.1) is 0 Å². The Morgan fingerprint density at radius 3 is 2.55 bits per heavy atom. The number of hydrogen-bond acceptors (Lipinski definition) is 7. The molecule has 0 amide bonds. The summed E-state index contributed by atoms with van der Waals surface area (Å²) in [7, 11) is 3.08. The van der Waals surface area contributed by atoms with Crippen molar-refractivity contribution in [2.24, 2.45) is 10.7 Å². The first-order chi connectivity index (χ1) is 14.0. The van der Waals surface area contributed by atoms with E-state index in [1.54, 1.807) is 43.8 Å². The summed E-state index contributed by atoms with van der Waals surface area (Å²) in [6, 6.07) is 7.32. The Labute approximate surface area is 175 Å². The number of hydrogen-bond donors (Lipinski definition) is 2. The van der Waals surface area contributed by atoms with Crippen molar-refractivity contribution in [2.45, 2.75) is 6.54 Å². The molecule has 0 atom stereocenters. The average molecular weight is 433 g/mol. The number of thiazole rings is 1. The average Bonchev–Trinajstić information content (AvgIpc) is 3.38. The summed E-state index contributed by atoms with van der Waals surface area (Å²) in [6.07, 6.45) is 0. The highest BCUT2D eigenvalue weighted by molar-refractivity contribution is 7.13. The van der Waals surface area contributed by atoms with Gasteiger partial charge in [-0.15, -0.1) is 11.3 Å². The largest absolute Gasteiger partial charge is 0.496 e. The number of aromatic nitrogens is 1. The van der Waals surface area contributed by atoms with Gasteiger partial charge < -0.3 is 25.2 Å². The Morgan fingerprint density at radius 1 is 1.24 bits per heavy atom. The first-order valence-corrected chi connectivity index (χ1v) is 10.3.